The zero-order chi connectivity index (χ0) is 14.5. The van der Waals surface area contributed by atoms with Crippen LogP contribution in [0.25, 0.3) is 0 Å². The van der Waals surface area contributed by atoms with Crippen molar-refractivity contribution in [1.29, 1.82) is 0 Å². The average molecular weight is 273 g/mol. The number of nitrogens with one attached hydrogen (secondary N) is 1. The molecule has 0 saturated carbocycles. The molecule has 0 aliphatic carbocycles. The van der Waals surface area contributed by atoms with E-state index in [0.29, 0.717) is 0 Å². The minimum Gasteiger partial charge on any atom is -0.496 e. The molecule has 0 radical (unpaired) electrons. The number of aryl methyl sites for hydroxylation is 2. The van der Waals surface area contributed by atoms with Crippen LogP contribution < -0.4 is 10.1 Å². The van der Waals surface area contributed by atoms with Crippen LogP contribution >= 0.6 is 0 Å². The van der Waals surface area contributed by atoms with Gasteiger partial charge in [-0.15, -0.1) is 0 Å². The zero-order valence-electron chi connectivity index (χ0n) is 12.7. The lowest BCUT2D eigenvalue weighted by Gasteiger charge is -2.20. The van der Waals surface area contributed by atoms with Crippen LogP contribution in [0.5, 0.6) is 5.75 Å². The van der Waals surface area contributed by atoms with E-state index in [0.717, 1.165) is 24.4 Å². The molecule has 1 N–H and O–H groups in total. The van der Waals surface area contributed by atoms with E-state index < -0.39 is 0 Å². The number of benzene rings is 1. The molecular weight excluding hydrogens is 250 g/mol. The lowest BCUT2D eigenvalue weighted by molar-refractivity contribution is 0.398. The molecule has 1 atom stereocenters. The van der Waals surface area contributed by atoms with Gasteiger partial charge in [-0.1, -0.05) is 24.6 Å². The Morgan fingerprint density at radius 3 is 2.75 bits per heavy atom. The van der Waals surface area contributed by atoms with Gasteiger partial charge in [0.1, 0.15) is 5.75 Å². The van der Waals surface area contributed by atoms with Gasteiger partial charge in [-0.25, -0.2) is 0 Å². The molecular formula is C16H23N3O. The number of hydrogen-bond acceptors (Lipinski definition) is 3. The van der Waals surface area contributed by atoms with E-state index in [1.165, 1.54) is 11.1 Å². The number of methoxy groups -OCH3 is 1. The average Bonchev–Trinajstić information content (AvgIpc) is 2.84. The van der Waals surface area contributed by atoms with Crippen LogP contribution in [0.3, 0.4) is 0 Å². The molecule has 0 saturated heterocycles. The number of rotatable bonds is 6. The summed E-state index contributed by atoms with van der Waals surface area (Å²) in [5, 5.41) is 8.00. The zero-order valence-corrected chi connectivity index (χ0v) is 12.7. The van der Waals surface area contributed by atoms with Gasteiger partial charge < -0.3 is 10.1 Å². The van der Waals surface area contributed by atoms with Gasteiger partial charge in [0, 0.05) is 31.3 Å². The molecule has 108 valence electrons. The van der Waals surface area contributed by atoms with E-state index in [2.05, 4.69) is 42.5 Å². The Morgan fingerprint density at radius 2 is 2.15 bits per heavy atom. The Bertz CT molecular complexity index is 563. The van der Waals surface area contributed by atoms with Crippen LogP contribution in [0, 0.1) is 6.92 Å². The molecule has 20 heavy (non-hydrogen) atoms. The van der Waals surface area contributed by atoms with Crippen molar-refractivity contribution < 1.29 is 4.74 Å². The normalized spacial score (nSPS) is 12.4. The fourth-order valence-electron chi connectivity index (χ4n) is 2.45. The first kappa shape index (κ1) is 14.6. The maximum atomic E-state index is 5.50. The highest BCUT2D eigenvalue weighted by atomic mass is 16.5. The van der Waals surface area contributed by atoms with E-state index >= 15 is 0 Å². The Morgan fingerprint density at radius 1 is 1.35 bits per heavy atom. The van der Waals surface area contributed by atoms with Gasteiger partial charge in [0.2, 0.25) is 0 Å². The predicted molar refractivity (Wildman–Crippen MR) is 81.1 cm³/mol. The Balaban J connectivity index is 2.30. The SMILES string of the molecule is CCNC(Cc1ccn(C)n1)c1cc(C)ccc1OC. The summed E-state index contributed by atoms with van der Waals surface area (Å²) in [5.41, 5.74) is 3.52. The van der Waals surface area contributed by atoms with Crippen LogP contribution in [0.4, 0.5) is 0 Å². The standard InChI is InChI=1S/C16H23N3O/c1-5-17-15(11-13-8-9-19(3)18-13)14-10-12(2)6-7-16(14)20-4/h6-10,15,17H,5,11H2,1-4H3. The molecule has 1 heterocycles. The molecule has 0 aliphatic rings. The molecule has 0 spiro atoms. The number of hydrogen-bond donors (Lipinski definition) is 1. The summed E-state index contributed by atoms with van der Waals surface area (Å²) in [4.78, 5) is 0. The number of ether oxygens (including phenoxy) is 1. The fourth-order valence-corrected chi connectivity index (χ4v) is 2.45. The van der Waals surface area contributed by atoms with Gasteiger partial charge in [-0.2, -0.15) is 5.10 Å². The molecule has 1 aromatic heterocycles. The Kier molecular flexibility index (Phi) is 4.79. The lowest BCUT2D eigenvalue weighted by atomic mass is 9.99. The van der Waals surface area contributed by atoms with Crippen molar-refractivity contribution in [3.05, 3.63) is 47.3 Å². The van der Waals surface area contributed by atoms with E-state index in [9.17, 15) is 0 Å². The van der Waals surface area contributed by atoms with Gasteiger partial charge in [-0.05, 0) is 25.6 Å². The van der Waals surface area contributed by atoms with Crippen molar-refractivity contribution in [2.24, 2.45) is 7.05 Å². The molecule has 4 nitrogen and oxygen atoms in total. The fraction of sp³-hybridized carbons (Fsp3) is 0.438. The smallest absolute Gasteiger partial charge is 0.123 e. The molecule has 0 bridgehead atoms. The lowest BCUT2D eigenvalue weighted by Crippen LogP contribution is -2.24. The summed E-state index contributed by atoms with van der Waals surface area (Å²) >= 11 is 0. The third-order valence-corrected chi connectivity index (χ3v) is 3.39. The van der Waals surface area contributed by atoms with E-state index in [1.54, 1.807) is 7.11 Å². The maximum Gasteiger partial charge on any atom is 0.123 e. The van der Waals surface area contributed by atoms with Gasteiger partial charge in [0.25, 0.3) is 0 Å². The topological polar surface area (TPSA) is 39.1 Å². The number of nitrogens with zero attached hydrogens (tertiary/aromatic N) is 2. The second kappa shape index (κ2) is 6.57. The minimum absolute atomic E-state index is 0.213. The Hall–Kier alpha value is -1.81. The number of likely N-dealkylation sites (N-methyl/N-ethyl adjacent to an activating group) is 1. The molecule has 1 aromatic carbocycles. The van der Waals surface area contributed by atoms with Crippen LogP contribution in [-0.4, -0.2) is 23.4 Å². The predicted octanol–water partition coefficient (Wildman–Crippen LogP) is 2.63. The molecule has 2 aromatic rings. The van der Waals surface area contributed by atoms with Crippen LogP contribution in [0.2, 0.25) is 0 Å². The van der Waals surface area contributed by atoms with Crippen molar-refractivity contribution in [1.82, 2.24) is 15.1 Å². The molecule has 4 heteroatoms. The van der Waals surface area contributed by atoms with Crippen molar-refractivity contribution in [3.8, 4) is 5.75 Å². The minimum atomic E-state index is 0.213. The summed E-state index contributed by atoms with van der Waals surface area (Å²) in [7, 11) is 3.66. The summed E-state index contributed by atoms with van der Waals surface area (Å²) in [6.07, 6.45) is 2.83. The van der Waals surface area contributed by atoms with Crippen molar-refractivity contribution in [3.63, 3.8) is 0 Å². The number of aromatic nitrogens is 2. The van der Waals surface area contributed by atoms with E-state index in [4.69, 9.17) is 4.74 Å². The van der Waals surface area contributed by atoms with Gasteiger partial charge in [0.15, 0.2) is 0 Å². The maximum absolute atomic E-state index is 5.50. The summed E-state index contributed by atoms with van der Waals surface area (Å²) in [5.74, 6) is 0.928. The second-order valence-electron chi connectivity index (χ2n) is 5.04. The van der Waals surface area contributed by atoms with Crippen molar-refractivity contribution >= 4 is 0 Å². The quantitative estimate of drug-likeness (QED) is 0.879. The van der Waals surface area contributed by atoms with Crippen molar-refractivity contribution in [2.45, 2.75) is 26.3 Å². The monoisotopic (exact) mass is 273 g/mol. The Labute approximate surface area is 120 Å². The van der Waals surface area contributed by atoms with Gasteiger partial charge in [0.05, 0.1) is 12.8 Å². The third kappa shape index (κ3) is 3.39. The highest BCUT2D eigenvalue weighted by Gasteiger charge is 2.17. The molecule has 0 aliphatic heterocycles. The van der Waals surface area contributed by atoms with Gasteiger partial charge in [-0.3, -0.25) is 4.68 Å². The first-order valence-corrected chi connectivity index (χ1v) is 7.00. The molecule has 0 amide bonds. The van der Waals surface area contributed by atoms with Crippen LogP contribution in [-0.2, 0) is 13.5 Å². The molecule has 1 unspecified atom stereocenters. The van der Waals surface area contributed by atoms with Crippen LogP contribution in [0.1, 0.15) is 29.8 Å². The molecule has 2 rings (SSSR count). The van der Waals surface area contributed by atoms with Crippen molar-refractivity contribution in [2.75, 3.05) is 13.7 Å². The van der Waals surface area contributed by atoms with Crippen LogP contribution in [0.15, 0.2) is 30.5 Å². The summed E-state index contributed by atoms with van der Waals surface area (Å²) < 4.78 is 7.34. The first-order chi connectivity index (χ1) is 9.63. The van der Waals surface area contributed by atoms with E-state index in [1.807, 2.05) is 24.0 Å². The van der Waals surface area contributed by atoms with E-state index in [-0.39, 0.29) is 6.04 Å². The van der Waals surface area contributed by atoms with Gasteiger partial charge >= 0.3 is 0 Å². The third-order valence-electron chi connectivity index (χ3n) is 3.39. The summed E-state index contributed by atoms with van der Waals surface area (Å²) in [6, 6.07) is 8.58. The molecule has 0 fully saturated rings. The highest BCUT2D eigenvalue weighted by Crippen LogP contribution is 2.28. The first-order valence-electron chi connectivity index (χ1n) is 7.00. The second-order valence-corrected chi connectivity index (χ2v) is 5.04. The largest absolute Gasteiger partial charge is 0.496 e. The highest BCUT2D eigenvalue weighted by molar-refractivity contribution is 5.39. The summed E-state index contributed by atoms with van der Waals surface area (Å²) in [6.45, 7) is 5.13.